The highest BCUT2D eigenvalue weighted by atomic mass is 32.1. The van der Waals surface area contributed by atoms with E-state index in [1.807, 2.05) is 13.0 Å². The summed E-state index contributed by atoms with van der Waals surface area (Å²) < 4.78 is 7.51. The predicted octanol–water partition coefficient (Wildman–Crippen LogP) is 3.27. The van der Waals surface area contributed by atoms with Crippen LogP contribution >= 0.6 is 11.3 Å². The van der Waals surface area contributed by atoms with Crippen molar-refractivity contribution >= 4 is 45.0 Å². The van der Waals surface area contributed by atoms with Crippen LogP contribution < -0.4 is 10.1 Å². The van der Waals surface area contributed by atoms with E-state index < -0.39 is 5.97 Å². The fourth-order valence-electron chi connectivity index (χ4n) is 2.86. The number of fused-ring (bicyclic) bond motifs is 1. The smallest absolute Gasteiger partial charge is 0.326 e. The Balaban J connectivity index is 2.11. The second-order valence-electron chi connectivity index (χ2n) is 6.43. The van der Waals surface area contributed by atoms with Gasteiger partial charge in [-0.1, -0.05) is 29.0 Å². The van der Waals surface area contributed by atoms with Gasteiger partial charge >= 0.3 is 5.97 Å². The molecule has 1 aromatic heterocycles. The van der Waals surface area contributed by atoms with Crippen molar-refractivity contribution in [2.24, 2.45) is 4.99 Å². The Bertz CT molecular complexity index is 1160. The first kappa shape index (κ1) is 20.5. The van der Waals surface area contributed by atoms with Gasteiger partial charge in [-0.2, -0.15) is 4.99 Å². The summed E-state index contributed by atoms with van der Waals surface area (Å²) in [5, 5.41) is 2.73. The van der Waals surface area contributed by atoms with E-state index in [9.17, 15) is 14.4 Å². The minimum atomic E-state index is -0.414. The van der Waals surface area contributed by atoms with Gasteiger partial charge in [0.05, 0.1) is 16.8 Å². The van der Waals surface area contributed by atoms with E-state index in [0.29, 0.717) is 16.1 Å². The monoisotopic (exact) mass is 411 g/mol. The van der Waals surface area contributed by atoms with E-state index in [2.05, 4.69) is 10.3 Å². The third kappa shape index (κ3) is 4.97. The molecule has 2 aromatic carbocycles. The molecular weight excluding hydrogens is 390 g/mol. The minimum absolute atomic E-state index is 0.0622. The summed E-state index contributed by atoms with van der Waals surface area (Å²) in [7, 11) is 0. The maximum atomic E-state index is 12.7. The van der Waals surface area contributed by atoms with Gasteiger partial charge in [0.1, 0.15) is 6.54 Å². The van der Waals surface area contributed by atoms with Crippen molar-refractivity contribution in [1.82, 2.24) is 4.57 Å². The van der Waals surface area contributed by atoms with Crippen molar-refractivity contribution in [3.05, 3.63) is 58.4 Å². The first-order valence-corrected chi connectivity index (χ1v) is 9.91. The number of ether oxygens (including phenoxy) is 1. The van der Waals surface area contributed by atoms with E-state index in [4.69, 9.17) is 4.74 Å². The van der Waals surface area contributed by atoms with E-state index in [-0.39, 0.29) is 25.0 Å². The number of anilines is 1. The number of thiazole rings is 1. The zero-order valence-electron chi connectivity index (χ0n) is 16.4. The van der Waals surface area contributed by atoms with Crippen molar-refractivity contribution in [2.45, 2.75) is 27.3 Å². The highest BCUT2D eigenvalue weighted by molar-refractivity contribution is 7.16. The molecule has 0 saturated carbocycles. The second-order valence-corrected chi connectivity index (χ2v) is 7.44. The molecule has 2 amide bonds. The molecule has 0 aliphatic carbocycles. The van der Waals surface area contributed by atoms with Gasteiger partial charge in [-0.3, -0.25) is 14.4 Å². The number of aromatic nitrogens is 1. The van der Waals surface area contributed by atoms with Crippen LogP contribution in [0.1, 0.15) is 29.8 Å². The number of nitrogens with zero attached hydrogens (tertiary/aromatic N) is 2. The molecule has 1 N–H and O–H groups in total. The van der Waals surface area contributed by atoms with Crippen molar-refractivity contribution in [2.75, 3.05) is 11.9 Å². The molecule has 0 unspecified atom stereocenters. The van der Waals surface area contributed by atoms with Gasteiger partial charge < -0.3 is 14.6 Å². The van der Waals surface area contributed by atoms with Gasteiger partial charge in [-0.15, -0.1) is 0 Å². The van der Waals surface area contributed by atoms with Crippen LogP contribution in [0.25, 0.3) is 10.2 Å². The number of esters is 1. The molecule has 0 radical (unpaired) electrons. The van der Waals surface area contributed by atoms with Gasteiger partial charge in [0.25, 0.3) is 5.91 Å². The summed E-state index contributed by atoms with van der Waals surface area (Å²) >= 11 is 1.27. The number of aryl methyl sites for hydroxylation is 1. The highest BCUT2D eigenvalue weighted by Gasteiger charge is 2.14. The van der Waals surface area contributed by atoms with Crippen LogP contribution in [-0.2, 0) is 20.9 Å². The second kappa shape index (κ2) is 8.83. The fraction of sp³-hybridized carbons (Fsp3) is 0.238. The topological polar surface area (TPSA) is 89.8 Å². The molecule has 1 heterocycles. The van der Waals surface area contributed by atoms with Gasteiger partial charge in [0.2, 0.25) is 5.91 Å². The van der Waals surface area contributed by atoms with Crippen LogP contribution in [0.4, 0.5) is 5.69 Å². The minimum Gasteiger partial charge on any atom is -0.465 e. The Labute approximate surface area is 171 Å². The van der Waals surface area contributed by atoms with E-state index in [1.54, 1.807) is 47.9 Å². The molecule has 0 spiro atoms. The maximum absolute atomic E-state index is 12.7. The number of benzene rings is 2. The molecule has 0 aliphatic heterocycles. The van der Waals surface area contributed by atoms with Crippen LogP contribution in [0.15, 0.2) is 47.5 Å². The maximum Gasteiger partial charge on any atom is 0.326 e. The van der Waals surface area contributed by atoms with Crippen LogP contribution in [0.2, 0.25) is 0 Å². The fourth-order valence-corrected chi connectivity index (χ4v) is 3.92. The van der Waals surface area contributed by atoms with Crippen LogP contribution in [-0.4, -0.2) is 29.0 Å². The Morgan fingerprint density at radius 3 is 2.66 bits per heavy atom. The van der Waals surface area contributed by atoms with Gasteiger partial charge in [0, 0.05) is 18.2 Å². The Morgan fingerprint density at radius 2 is 1.97 bits per heavy atom. The largest absolute Gasteiger partial charge is 0.465 e. The Morgan fingerprint density at radius 1 is 1.17 bits per heavy atom. The van der Waals surface area contributed by atoms with Crippen molar-refractivity contribution in [3.63, 3.8) is 0 Å². The number of carbonyl (C=O) groups is 3. The Hall–Kier alpha value is -3.26. The third-order valence-electron chi connectivity index (χ3n) is 4.06. The van der Waals surface area contributed by atoms with Gasteiger partial charge in [-0.05, 0) is 44.2 Å². The lowest BCUT2D eigenvalue weighted by atomic mass is 10.1. The van der Waals surface area contributed by atoms with Gasteiger partial charge in [0.15, 0.2) is 4.80 Å². The number of rotatable bonds is 5. The molecule has 0 saturated heterocycles. The molecule has 0 fully saturated rings. The number of amides is 2. The van der Waals surface area contributed by atoms with Crippen LogP contribution in [0.3, 0.4) is 0 Å². The molecular formula is C21H21N3O4S. The summed E-state index contributed by atoms with van der Waals surface area (Å²) in [4.78, 5) is 40.7. The highest BCUT2D eigenvalue weighted by Crippen LogP contribution is 2.22. The zero-order chi connectivity index (χ0) is 21.0. The normalized spacial score (nSPS) is 11.5. The lowest BCUT2D eigenvalue weighted by Crippen LogP contribution is -2.23. The molecule has 0 bridgehead atoms. The average Bonchev–Trinajstić information content (AvgIpc) is 2.97. The molecule has 150 valence electrons. The molecule has 8 heteroatoms. The standard InChI is InChI=1S/C21H21N3O4S/c1-4-28-19(26)12-24-17-9-8-16(22-14(3)25)11-18(17)29-21(24)23-20(27)15-7-5-6-13(2)10-15/h5-11H,4,12H2,1-3H3,(H,22,25). The molecule has 7 nitrogen and oxygen atoms in total. The number of hydrogen-bond acceptors (Lipinski definition) is 5. The third-order valence-corrected chi connectivity index (χ3v) is 5.10. The summed E-state index contributed by atoms with van der Waals surface area (Å²) in [5.41, 5.74) is 2.80. The van der Waals surface area contributed by atoms with E-state index in [0.717, 1.165) is 15.8 Å². The number of nitrogens with one attached hydrogen (secondary N) is 1. The number of carbonyl (C=O) groups excluding carboxylic acids is 3. The molecule has 0 atom stereocenters. The lowest BCUT2D eigenvalue weighted by molar-refractivity contribution is -0.143. The van der Waals surface area contributed by atoms with Crippen molar-refractivity contribution in [1.29, 1.82) is 0 Å². The van der Waals surface area contributed by atoms with Crippen LogP contribution in [0, 0.1) is 6.92 Å². The quantitative estimate of drug-likeness (QED) is 0.653. The van der Waals surface area contributed by atoms with Crippen LogP contribution in [0.5, 0.6) is 0 Å². The first-order valence-electron chi connectivity index (χ1n) is 9.09. The summed E-state index contributed by atoms with van der Waals surface area (Å²) in [5.74, 6) is -0.984. The van der Waals surface area contributed by atoms with Gasteiger partial charge in [-0.25, -0.2) is 0 Å². The summed E-state index contributed by atoms with van der Waals surface area (Å²) in [6.07, 6.45) is 0. The molecule has 3 aromatic rings. The summed E-state index contributed by atoms with van der Waals surface area (Å²) in [6.45, 7) is 5.28. The lowest BCUT2D eigenvalue weighted by Gasteiger charge is -2.06. The predicted molar refractivity (Wildman–Crippen MR) is 112 cm³/mol. The summed E-state index contributed by atoms with van der Waals surface area (Å²) in [6, 6.07) is 12.5. The molecule has 0 aliphatic rings. The van der Waals surface area contributed by atoms with Crippen molar-refractivity contribution in [3.8, 4) is 0 Å². The average molecular weight is 411 g/mol. The van der Waals surface area contributed by atoms with E-state index in [1.165, 1.54) is 18.3 Å². The molecule has 3 rings (SSSR count). The van der Waals surface area contributed by atoms with Crippen molar-refractivity contribution < 1.29 is 19.1 Å². The van der Waals surface area contributed by atoms with E-state index >= 15 is 0 Å². The zero-order valence-corrected chi connectivity index (χ0v) is 17.2. The Kier molecular flexibility index (Phi) is 6.23. The number of hydrogen-bond donors (Lipinski definition) is 1. The SMILES string of the molecule is CCOC(=O)Cn1c(=NC(=O)c2cccc(C)c2)sc2cc(NC(C)=O)ccc21. The first-order chi connectivity index (χ1) is 13.9. The molecule has 29 heavy (non-hydrogen) atoms.